The van der Waals surface area contributed by atoms with E-state index in [4.69, 9.17) is 0 Å². The molecule has 0 spiro atoms. The van der Waals surface area contributed by atoms with Crippen molar-refractivity contribution >= 4 is 5.97 Å². The molecule has 0 bridgehead atoms. The van der Waals surface area contributed by atoms with Crippen LogP contribution in [0.3, 0.4) is 0 Å². The predicted molar refractivity (Wildman–Crippen MR) is 77.2 cm³/mol. The molecule has 112 valence electrons. The normalized spacial score (nSPS) is 16.2. The fraction of sp³-hybridized carbons (Fsp3) is 0.769. The molecule has 0 fully saturated rings. The van der Waals surface area contributed by atoms with Gasteiger partial charge in [-0.25, -0.2) is 14.8 Å². The topological polar surface area (TPSA) is 50.3 Å². The lowest BCUT2D eigenvalue weighted by Gasteiger charge is -2.55. The Morgan fingerprint density at radius 3 is 1.58 bits per heavy atom. The van der Waals surface area contributed by atoms with Crippen LogP contribution < -0.4 is 0 Å². The van der Waals surface area contributed by atoms with Gasteiger partial charge in [0.2, 0.25) is 5.66 Å². The number of carbonyl (C=O) groups is 1. The molecule has 19 heavy (non-hydrogen) atoms. The Morgan fingerprint density at radius 1 is 1.05 bits per heavy atom. The van der Waals surface area contributed by atoms with Gasteiger partial charge in [0, 0.05) is 33.6 Å². The van der Waals surface area contributed by atoms with Crippen LogP contribution in [0, 0.1) is 5.41 Å². The van der Waals surface area contributed by atoms with Crippen LogP contribution in [0.5, 0.6) is 0 Å². The highest BCUT2D eigenvalue weighted by atomic mass is 16.4. The molecule has 0 aromatic rings. The summed E-state index contributed by atoms with van der Waals surface area (Å²) in [5, 5.41) is 15.2. The van der Waals surface area contributed by atoms with Crippen molar-refractivity contribution in [1.29, 1.82) is 0 Å². The molecule has 0 saturated heterocycles. The average molecular weight is 272 g/mol. The van der Waals surface area contributed by atoms with Gasteiger partial charge in [-0.2, -0.15) is 0 Å². The van der Waals surface area contributed by atoms with Crippen molar-refractivity contribution in [3.63, 3.8) is 0 Å². The van der Waals surface area contributed by atoms with E-state index in [0.717, 1.165) is 0 Å². The van der Waals surface area contributed by atoms with Gasteiger partial charge in [0.25, 0.3) is 0 Å². The third-order valence-electron chi connectivity index (χ3n) is 3.40. The quantitative estimate of drug-likeness (QED) is 0.420. The highest BCUT2D eigenvalue weighted by Crippen LogP contribution is 2.40. The molecule has 0 aromatic carbocycles. The van der Waals surface area contributed by atoms with Crippen molar-refractivity contribution in [2.45, 2.75) is 19.5 Å². The smallest absolute Gasteiger partial charge is 0.343 e. The summed E-state index contributed by atoms with van der Waals surface area (Å²) in [5.41, 5.74) is -1.96. The van der Waals surface area contributed by atoms with E-state index >= 15 is 0 Å². The third kappa shape index (κ3) is 2.81. The molecule has 0 saturated carbocycles. The average Bonchev–Trinajstić information content (AvgIpc) is 2.22. The minimum absolute atomic E-state index is 0.684. The Kier molecular flexibility index (Phi) is 5.70. The summed E-state index contributed by atoms with van der Waals surface area (Å²) in [6.45, 7) is 7.55. The first kappa shape index (κ1) is 18.0. The first-order chi connectivity index (χ1) is 8.46. The number of carboxylic acid groups (broad SMARTS) is 1. The number of likely N-dealkylation sites (N-methyl/N-ethyl adjacent to an activating group) is 1. The van der Waals surface area contributed by atoms with Gasteiger partial charge in [0.1, 0.15) is 0 Å². The third-order valence-corrected chi connectivity index (χ3v) is 3.40. The molecular formula is C13H28N4O2. The molecule has 0 rings (SSSR count). The van der Waals surface area contributed by atoms with E-state index in [2.05, 4.69) is 6.58 Å². The summed E-state index contributed by atoms with van der Waals surface area (Å²) >= 11 is 0. The van der Waals surface area contributed by atoms with Crippen LogP contribution in [0.15, 0.2) is 12.7 Å². The van der Waals surface area contributed by atoms with E-state index in [1.54, 1.807) is 40.2 Å². The van der Waals surface area contributed by atoms with E-state index in [1.165, 1.54) is 0 Å². The van der Waals surface area contributed by atoms with Gasteiger partial charge < -0.3 is 5.11 Å². The van der Waals surface area contributed by atoms with Crippen LogP contribution in [-0.4, -0.2) is 79.1 Å². The number of hydrogen-bond donors (Lipinski definition) is 1. The molecule has 0 aliphatic heterocycles. The van der Waals surface area contributed by atoms with Crippen molar-refractivity contribution in [1.82, 2.24) is 20.0 Å². The molecule has 1 unspecified atom stereocenters. The van der Waals surface area contributed by atoms with Crippen LogP contribution in [-0.2, 0) is 4.79 Å². The lowest BCUT2D eigenvalue weighted by atomic mass is 9.77. The van der Waals surface area contributed by atoms with Gasteiger partial charge in [-0.15, -0.1) is 11.7 Å². The summed E-state index contributed by atoms with van der Waals surface area (Å²) in [7, 11) is 10.8. The highest BCUT2D eigenvalue weighted by molar-refractivity contribution is 5.79. The van der Waals surface area contributed by atoms with Crippen LogP contribution in [0.2, 0.25) is 0 Å². The standard InChI is InChI=1S/C13H28N4O2/c1-10-12(2,3)13(11(18)19,14(4)5)17(15(6)7)16(8)9/h10H,1H2,2-9H3,(H,18,19). The maximum Gasteiger partial charge on any atom is 0.343 e. The number of rotatable bonds is 7. The minimum Gasteiger partial charge on any atom is -0.479 e. The number of hydrogen-bond acceptors (Lipinski definition) is 5. The van der Waals surface area contributed by atoms with Crippen LogP contribution in [0.1, 0.15) is 13.8 Å². The Balaban J connectivity index is 6.30. The maximum absolute atomic E-state index is 12.1. The lowest BCUT2D eigenvalue weighted by Crippen LogP contribution is -2.75. The zero-order chi connectivity index (χ0) is 15.6. The fourth-order valence-electron chi connectivity index (χ4n) is 2.64. The second-order valence-electron chi connectivity index (χ2n) is 5.78. The summed E-state index contributed by atoms with van der Waals surface area (Å²) in [6.07, 6.45) is 1.68. The summed E-state index contributed by atoms with van der Waals surface area (Å²) in [4.78, 5) is 13.8. The Bertz CT molecular complexity index is 332. The van der Waals surface area contributed by atoms with Gasteiger partial charge in [-0.1, -0.05) is 19.9 Å². The van der Waals surface area contributed by atoms with Crippen molar-refractivity contribution in [3.05, 3.63) is 12.7 Å². The molecule has 6 heteroatoms. The maximum atomic E-state index is 12.1. The van der Waals surface area contributed by atoms with Crippen molar-refractivity contribution in [2.75, 3.05) is 42.3 Å². The molecule has 6 nitrogen and oxygen atoms in total. The first-order valence-electron chi connectivity index (χ1n) is 6.16. The molecule has 1 N–H and O–H groups in total. The predicted octanol–water partition coefficient (Wildman–Crippen LogP) is 0.796. The summed E-state index contributed by atoms with van der Waals surface area (Å²) < 4.78 is 0. The fourth-order valence-corrected chi connectivity index (χ4v) is 2.64. The molecule has 0 aromatic heterocycles. The molecule has 0 heterocycles. The van der Waals surface area contributed by atoms with E-state index in [1.807, 2.05) is 42.0 Å². The molecule has 0 radical (unpaired) electrons. The second kappa shape index (κ2) is 6.00. The van der Waals surface area contributed by atoms with E-state index < -0.39 is 17.0 Å². The minimum atomic E-state index is -1.28. The first-order valence-corrected chi connectivity index (χ1v) is 6.16. The van der Waals surface area contributed by atoms with Gasteiger partial charge in [0.15, 0.2) is 0 Å². The van der Waals surface area contributed by atoms with Gasteiger partial charge >= 0.3 is 5.97 Å². The zero-order valence-corrected chi connectivity index (χ0v) is 13.4. The molecule has 0 aliphatic rings. The monoisotopic (exact) mass is 272 g/mol. The van der Waals surface area contributed by atoms with Crippen molar-refractivity contribution in [2.24, 2.45) is 5.41 Å². The molecule has 0 aliphatic carbocycles. The Hall–Kier alpha value is -0.950. The lowest BCUT2D eigenvalue weighted by molar-refractivity contribution is -0.275. The molecule has 0 amide bonds. The van der Waals surface area contributed by atoms with Gasteiger partial charge in [-0.05, 0) is 14.1 Å². The largest absolute Gasteiger partial charge is 0.479 e. The number of hydrazine groups is 2. The van der Waals surface area contributed by atoms with E-state index in [9.17, 15) is 9.90 Å². The van der Waals surface area contributed by atoms with E-state index in [0.29, 0.717) is 0 Å². The van der Waals surface area contributed by atoms with Crippen LogP contribution in [0.25, 0.3) is 0 Å². The van der Waals surface area contributed by atoms with Gasteiger partial charge in [-0.3, -0.25) is 4.90 Å². The Labute approximate surface area is 116 Å². The van der Waals surface area contributed by atoms with Crippen molar-refractivity contribution < 1.29 is 9.90 Å². The SMILES string of the molecule is C=CC(C)(C)C(C(=O)O)(N(C)C)N(N(C)C)N(C)C. The van der Waals surface area contributed by atoms with Crippen molar-refractivity contribution in [3.8, 4) is 0 Å². The van der Waals surface area contributed by atoms with Crippen LogP contribution >= 0.6 is 0 Å². The molecule has 1 atom stereocenters. The van der Waals surface area contributed by atoms with Crippen LogP contribution in [0.4, 0.5) is 0 Å². The zero-order valence-electron chi connectivity index (χ0n) is 13.4. The Morgan fingerprint density at radius 2 is 1.42 bits per heavy atom. The number of carboxylic acids is 1. The van der Waals surface area contributed by atoms with Gasteiger partial charge in [0.05, 0.1) is 0 Å². The van der Waals surface area contributed by atoms with E-state index in [-0.39, 0.29) is 0 Å². The number of nitrogens with zero attached hydrogens (tertiary/aromatic N) is 4. The summed E-state index contributed by atoms with van der Waals surface area (Å²) in [6, 6.07) is 0. The number of aliphatic carboxylic acids is 1. The second-order valence-corrected chi connectivity index (χ2v) is 5.78. The highest BCUT2D eigenvalue weighted by Gasteiger charge is 2.58. The molecular weight excluding hydrogens is 244 g/mol. The summed E-state index contributed by atoms with van der Waals surface area (Å²) in [5.74, 6) is -0.926.